The van der Waals surface area contributed by atoms with Crippen LogP contribution in [-0.4, -0.2) is 13.6 Å². The molecule has 0 aromatic heterocycles. The van der Waals surface area contributed by atoms with Crippen LogP contribution in [0.2, 0.25) is 0 Å². The van der Waals surface area contributed by atoms with Crippen molar-refractivity contribution in [2.24, 2.45) is 0 Å². The van der Waals surface area contributed by atoms with Crippen LogP contribution in [0, 0.1) is 13.8 Å². The van der Waals surface area contributed by atoms with E-state index in [-0.39, 0.29) is 0 Å². The van der Waals surface area contributed by atoms with E-state index < -0.39 is 0 Å². The van der Waals surface area contributed by atoms with Crippen molar-refractivity contribution in [1.29, 1.82) is 0 Å². The Labute approximate surface area is 81.2 Å². The quantitative estimate of drug-likeness (QED) is 0.697. The highest BCUT2D eigenvalue weighted by atomic mass is 14.8. The highest BCUT2D eigenvalue weighted by Crippen LogP contribution is 2.11. The van der Waals surface area contributed by atoms with Gasteiger partial charge < -0.3 is 5.32 Å². The van der Waals surface area contributed by atoms with Crippen LogP contribution in [0.15, 0.2) is 18.2 Å². The summed E-state index contributed by atoms with van der Waals surface area (Å²) >= 11 is 0. The molecule has 1 nitrogen and oxygen atoms in total. The van der Waals surface area contributed by atoms with Crippen LogP contribution in [0.25, 0.3) is 0 Å². The predicted octanol–water partition coefficient (Wildman–Crippen LogP) is 2.46. The molecule has 0 bridgehead atoms. The lowest BCUT2D eigenvalue weighted by atomic mass is 10.0. The molecule has 0 atom stereocenters. The van der Waals surface area contributed by atoms with Crippen LogP contribution in [0.1, 0.15) is 23.1 Å². The molecule has 0 aliphatic heterocycles. The molecule has 0 aliphatic carbocycles. The van der Waals surface area contributed by atoms with Crippen molar-refractivity contribution in [2.75, 3.05) is 13.6 Å². The summed E-state index contributed by atoms with van der Waals surface area (Å²) in [5, 5.41) is 3.17. The highest BCUT2D eigenvalue weighted by Gasteiger charge is 1.97. The van der Waals surface area contributed by atoms with Gasteiger partial charge in [0.05, 0.1) is 0 Å². The topological polar surface area (TPSA) is 12.0 Å². The summed E-state index contributed by atoms with van der Waals surface area (Å²) in [6.45, 7) is 5.44. The molecule has 1 heteroatoms. The zero-order chi connectivity index (χ0) is 9.68. The van der Waals surface area contributed by atoms with E-state index in [9.17, 15) is 0 Å². The molecule has 1 aromatic rings. The van der Waals surface area contributed by atoms with Gasteiger partial charge in [0.1, 0.15) is 0 Å². The second-order valence-corrected chi connectivity index (χ2v) is 3.64. The molecule has 0 unspecified atom stereocenters. The van der Waals surface area contributed by atoms with Gasteiger partial charge in [-0.25, -0.2) is 0 Å². The second-order valence-electron chi connectivity index (χ2n) is 3.64. The van der Waals surface area contributed by atoms with Crippen molar-refractivity contribution in [1.82, 2.24) is 5.32 Å². The molecular formula is C12H19N. The molecular weight excluding hydrogens is 158 g/mol. The fourth-order valence-electron chi connectivity index (χ4n) is 1.58. The summed E-state index contributed by atoms with van der Waals surface area (Å²) < 4.78 is 0. The molecule has 1 N–H and O–H groups in total. The number of nitrogens with one attached hydrogen (secondary N) is 1. The number of hydrogen-bond donors (Lipinski definition) is 1. The van der Waals surface area contributed by atoms with Gasteiger partial charge in [0.15, 0.2) is 0 Å². The van der Waals surface area contributed by atoms with Crippen molar-refractivity contribution < 1.29 is 0 Å². The Morgan fingerprint density at radius 2 is 2.00 bits per heavy atom. The van der Waals surface area contributed by atoms with Crippen molar-refractivity contribution in [3.05, 3.63) is 34.9 Å². The Morgan fingerprint density at radius 1 is 1.23 bits per heavy atom. The first kappa shape index (κ1) is 10.3. The third-order valence-corrected chi connectivity index (χ3v) is 2.37. The molecule has 0 saturated heterocycles. The smallest absolute Gasteiger partial charge is 0.00488 e. The molecule has 0 spiro atoms. The van der Waals surface area contributed by atoms with Gasteiger partial charge in [-0.15, -0.1) is 0 Å². The molecule has 0 radical (unpaired) electrons. The lowest BCUT2D eigenvalue weighted by Crippen LogP contribution is -2.08. The van der Waals surface area contributed by atoms with Crippen LogP contribution >= 0.6 is 0 Å². The molecule has 0 aliphatic rings. The van der Waals surface area contributed by atoms with Gasteiger partial charge in [0, 0.05) is 0 Å². The summed E-state index contributed by atoms with van der Waals surface area (Å²) in [4.78, 5) is 0. The fourth-order valence-corrected chi connectivity index (χ4v) is 1.58. The van der Waals surface area contributed by atoms with Crippen molar-refractivity contribution in [2.45, 2.75) is 26.7 Å². The Balaban J connectivity index is 2.56. The van der Waals surface area contributed by atoms with Crippen LogP contribution in [0.4, 0.5) is 0 Å². The van der Waals surface area contributed by atoms with Gasteiger partial charge >= 0.3 is 0 Å². The van der Waals surface area contributed by atoms with E-state index in [1.54, 1.807) is 0 Å². The molecule has 1 rings (SSSR count). The molecule has 1 aromatic carbocycles. The largest absolute Gasteiger partial charge is 0.320 e. The first-order chi connectivity index (χ1) is 6.24. The maximum absolute atomic E-state index is 3.17. The normalized spacial score (nSPS) is 10.4. The average molecular weight is 177 g/mol. The second kappa shape index (κ2) is 5.03. The summed E-state index contributed by atoms with van der Waals surface area (Å²) in [5.41, 5.74) is 4.27. The lowest BCUT2D eigenvalue weighted by Gasteiger charge is -2.06. The van der Waals surface area contributed by atoms with Gasteiger partial charge in [-0.3, -0.25) is 0 Å². The number of rotatable bonds is 4. The Bertz CT molecular complexity index is 266. The maximum Gasteiger partial charge on any atom is -0.00488 e. The summed E-state index contributed by atoms with van der Waals surface area (Å²) in [5.74, 6) is 0. The minimum atomic E-state index is 1.10. The third kappa shape index (κ3) is 3.19. The zero-order valence-corrected chi connectivity index (χ0v) is 8.85. The Morgan fingerprint density at radius 3 is 2.62 bits per heavy atom. The van der Waals surface area contributed by atoms with E-state index in [1.165, 1.54) is 29.5 Å². The minimum absolute atomic E-state index is 1.10. The number of hydrogen-bond acceptors (Lipinski definition) is 1. The average Bonchev–Trinajstić information content (AvgIpc) is 2.09. The van der Waals surface area contributed by atoms with Gasteiger partial charge in [-0.1, -0.05) is 23.8 Å². The van der Waals surface area contributed by atoms with E-state index in [4.69, 9.17) is 0 Å². The van der Waals surface area contributed by atoms with Crippen molar-refractivity contribution >= 4 is 0 Å². The molecule has 0 saturated carbocycles. The van der Waals surface area contributed by atoms with E-state index in [0.717, 1.165) is 6.54 Å². The van der Waals surface area contributed by atoms with Crippen molar-refractivity contribution in [3.63, 3.8) is 0 Å². The monoisotopic (exact) mass is 177 g/mol. The first-order valence-corrected chi connectivity index (χ1v) is 4.95. The van der Waals surface area contributed by atoms with Gasteiger partial charge in [0.2, 0.25) is 0 Å². The molecule has 0 amide bonds. The predicted molar refractivity (Wildman–Crippen MR) is 58.2 cm³/mol. The molecule has 0 fully saturated rings. The van der Waals surface area contributed by atoms with E-state index in [0.29, 0.717) is 0 Å². The summed E-state index contributed by atoms with van der Waals surface area (Å²) in [7, 11) is 2.00. The minimum Gasteiger partial charge on any atom is -0.320 e. The molecule has 13 heavy (non-hydrogen) atoms. The maximum atomic E-state index is 3.17. The standard InChI is InChI=1S/C12H19N/c1-10-6-7-12(11(2)9-10)5-4-8-13-3/h6-7,9,13H,4-5,8H2,1-3H3. The van der Waals surface area contributed by atoms with Gasteiger partial charge in [-0.05, 0) is 51.4 Å². The number of aryl methyl sites for hydroxylation is 3. The van der Waals surface area contributed by atoms with Crippen LogP contribution in [-0.2, 0) is 6.42 Å². The number of benzene rings is 1. The lowest BCUT2D eigenvalue weighted by molar-refractivity contribution is 0.723. The van der Waals surface area contributed by atoms with E-state index in [2.05, 4.69) is 37.4 Å². The van der Waals surface area contributed by atoms with Gasteiger partial charge in [-0.2, -0.15) is 0 Å². The van der Waals surface area contributed by atoms with E-state index in [1.807, 2.05) is 7.05 Å². The Hall–Kier alpha value is -0.820. The molecule has 72 valence electrons. The third-order valence-electron chi connectivity index (χ3n) is 2.37. The van der Waals surface area contributed by atoms with Crippen LogP contribution in [0.5, 0.6) is 0 Å². The van der Waals surface area contributed by atoms with Crippen LogP contribution in [0.3, 0.4) is 0 Å². The highest BCUT2D eigenvalue weighted by molar-refractivity contribution is 5.30. The van der Waals surface area contributed by atoms with Crippen LogP contribution < -0.4 is 5.32 Å². The first-order valence-electron chi connectivity index (χ1n) is 4.95. The van der Waals surface area contributed by atoms with E-state index >= 15 is 0 Å². The Kier molecular flexibility index (Phi) is 3.97. The summed E-state index contributed by atoms with van der Waals surface area (Å²) in [6, 6.07) is 6.71. The summed E-state index contributed by atoms with van der Waals surface area (Å²) in [6.07, 6.45) is 2.41. The molecule has 0 heterocycles. The van der Waals surface area contributed by atoms with Crippen molar-refractivity contribution in [3.8, 4) is 0 Å². The van der Waals surface area contributed by atoms with Gasteiger partial charge in [0.25, 0.3) is 0 Å². The SMILES string of the molecule is CNCCCc1ccc(C)cc1C. The fraction of sp³-hybridized carbons (Fsp3) is 0.500. The zero-order valence-electron chi connectivity index (χ0n) is 8.85.